The molecular weight excluding hydrogens is 404 g/mol. The Morgan fingerprint density at radius 3 is 2.38 bits per heavy atom. The second kappa shape index (κ2) is 8.86. The minimum absolute atomic E-state index is 0.0343. The van der Waals surface area contributed by atoms with Crippen molar-refractivity contribution in [2.75, 3.05) is 31.5 Å². The van der Waals surface area contributed by atoms with E-state index in [0.29, 0.717) is 30.5 Å². The molecule has 0 saturated carbocycles. The van der Waals surface area contributed by atoms with Gasteiger partial charge in [-0.2, -0.15) is 0 Å². The van der Waals surface area contributed by atoms with Crippen molar-refractivity contribution in [1.29, 1.82) is 0 Å². The number of carbonyl (C=O) groups is 2. The van der Waals surface area contributed by atoms with Crippen LogP contribution in [-0.2, 0) is 0 Å². The minimum atomic E-state index is -0.0658. The molecule has 32 heavy (non-hydrogen) atoms. The fraction of sp³-hybridized carbons (Fsp3) is 0.320. The zero-order valence-electron chi connectivity index (χ0n) is 17.8. The maximum Gasteiger partial charge on any atom is 0.321 e. The lowest BCUT2D eigenvalue weighted by atomic mass is 9.89. The van der Waals surface area contributed by atoms with Gasteiger partial charge in [-0.05, 0) is 54.2 Å². The number of urea groups is 1. The molecule has 2 saturated heterocycles. The predicted molar refractivity (Wildman–Crippen MR) is 121 cm³/mol. The first-order chi connectivity index (χ1) is 15.7. The molecule has 3 amide bonds. The van der Waals surface area contributed by atoms with Crippen LogP contribution in [0.25, 0.3) is 0 Å². The summed E-state index contributed by atoms with van der Waals surface area (Å²) in [5.74, 6) is 0.818. The summed E-state index contributed by atoms with van der Waals surface area (Å²) >= 11 is 0. The Morgan fingerprint density at radius 1 is 0.938 bits per heavy atom. The van der Waals surface area contributed by atoms with Crippen molar-refractivity contribution in [3.63, 3.8) is 0 Å². The Bertz CT molecular complexity index is 1050. The molecule has 2 aliphatic rings. The SMILES string of the molecule is O=C(Nc1ccc(C2CCN(C(=O)c3ccoc3)CC2)cc1)N1CC(c2cccnc2)C1. The number of hydrogen-bond acceptors (Lipinski definition) is 4. The Labute approximate surface area is 187 Å². The Hall–Kier alpha value is -3.61. The summed E-state index contributed by atoms with van der Waals surface area (Å²) in [5, 5.41) is 2.99. The molecule has 0 radical (unpaired) electrons. The molecule has 1 aromatic carbocycles. The Balaban J connectivity index is 1.10. The van der Waals surface area contributed by atoms with Crippen molar-refractivity contribution < 1.29 is 14.0 Å². The van der Waals surface area contributed by atoms with Crippen LogP contribution in [0.5, 0.6) is 0 Å². The van der Waals surface area contributed by atoms with E-state index in [4.69, 9.17) is 4.42 Å². The molecule has 2 aliphatic heterocycles. The molecular formula is C25H26N4O3. The van der Waals surface area contributed by atoms with Crippen molar-refractivity contribution in [3.8, 4) is 0 Å². The van der Waals surface area contributed by atoms with Crippen molar-refractivity contribution >= 4 is 17.6 Å². The second-order valence-electron chi connectivity index (χ2n) is 8.52. The zero-order valence-corrected chi connectivity index (χ0v) is 17.8. The van der Waals surface area contributed by atoms with Crippen LogP contribution in [0.4, 0.5) is 10.5 Å². The quantitative estimate of drug-likeness (QED) is 0.668. The third-order valence-corrected chi connectivity index (χ3v) is 6.51. The van der Waals surface area contributed by atoms with Crippen LogP contribution in [0.1, 0.15) is 46.2 Å². The number of pyridine rings is 1. The topological polar surface area (TPSA) is 78.7 Å². The summed E-state index contributed by atoms with van der Waals surface area (Å²) in [6, 6.07) is 13.7. The van der Waals surface area contributed by atoms with Gasteiger partial charge in [0.15, 0.2) is 0 Å². The van der Waals surface area contributed by atoms with Gasteiger partial charge in [0.05, 0.1) is 11.8 Å². The number of benzene rings is 1. The standard InChI is InChI=1S/C25H26N4O3/c30-24(21-9-13-32-17-21)28-11-7-19(8-12-28)18-3-5-23(6-4-18)27-25(31)29-15-22(16-29)20-2-1-10-26-14-20/h1-6,9-10,13-14,17,19,22H,7-8,11-12,15-16H2,(H,27,31). The number of nitrogens with zero attached hydrogens (tertiary/aromatic N) is 3. The van der Waals surface area contributed by atoms with Gasteiger partial charge in [0.2, 0.25) is 0 Å². The number of piperidine rings is 1. The number of rotatable bonds is 4. The largest absolute Gasteiger partial charge is 0.472 e. The van der Waals surface area contributed by atoms with E-state index in [1.807, 2.05) is 34.2 Å². The molecule has 0 atom stereocenters. The van der Waals surface area contributed by atoms with Gasteiger partial charge in [-0.15, -0.1) is 0 Å². The van der Waals surface area contributed by atoms with Crippen LogP contribution in [0.15, 0.2) is 71.8 Å². The fourth-order valence-electron chi connectivity index (χ4n) is 4.50. The van der Waals surface area contributed by atoms with E-state index >= 15 is 0 Å². The highest BCUT2D eigenvalue weighted by atomic mass is 16.3. The molecule has 164 valence electrons. The van der Waals surface area contributed by atoms with Crippen molar-refractivity contribution in [3.05, 3.63) is 84.1 Å². The lowest BCUT2D eigenvalue weighted by Crippen LogP contribution is -2.50. The molecule has 0 unspecified atom stereocenters. The van der Waals surface area contributed by atoms with Crippen LogP contribution >= 0.6 is 0 Å². The molecule has 0 spiro atoms. The number of likely N-dealkylation sites (tertiary alicyclic amines) is 2. The van der Waals surface area contributed by atoms with Gasteiger partial charge in [0, 0.05) is 50.2 Å². The van der Waals surface area contributed by atoms with Crippen molar-refractivity contribution in [2.45, 2.75) is 24.7 Å². The lowest BCUT2D eigenvalue weighted by molar-refractivity contribution is 0.0712. The molecule has 2 fully saturated rings. The highest BCUT2D eigenvalue weighted by Gasteiger charge is 2.32. The second-order valence-corrected chi connectivity index (χ2v) is 8.52. The van der Waals surface area contributed by atoms with Gasteiger partial charge in [0.25, 0.3) is 5.91 Å². The van der Waals surface area contributed by atoms with E-state index in [1.54, 1.807) is 12.3 Å². The van der Waals surface area contributed by atoms with E-state index in [1.165, 1.54) is 23.7 Å². The summed E-state index contributed by atoms with van der Waals surface area (Å²) < 4.78 is 5.02. The van der Waals surface area contributed by atoms with E-state index in [2.05, 4.69) is 28.5 Å². The van der Waals surface area contributed by atoms with Gasteiger partial charge < -0.3 is 19.5 Å². The van der Waals surface area contributed by atoms with Crippen molar-refractivity contribution in [1.82, 2.24) is 14.8 Å². The molecule has 3 aromatic rings. The number of amides is 3. The average Bonchev–Trinajstić information content (AvgIpc) is 3.34. The summed E-state index contributed by atoms with van der Waals surface area (Å²) in [4.78, 5) is 32.8. The van der Waals surface area contributed by atoms with E-state index in [0.717, 1.165) is 31.6 Å². The molecule has 0 bridgehead atoms. The van der Waals surface area contributed by atoms with Crippen LogP contribution in [0.3, 0.4) is 0 Å². The van der Waals surface area contributed by atoms with Gasteiger partial charge in [0.1, 0.15) is 6.26 Å². The van der Waals surface area contributed by atoms with Crippen molar-refractivity contribution in [2.24, 2.45) is 0 Å². The van der Waals surface area contributed by atoms with Crippen LogP contribution in [0, 0.1) is 0 Å². The zero-order chi connectivity index (χ0) is 21.9. The van der Waals surface area contributed by atoms with E-state index in [-0.39, 0.29) is 11.9 Å². The Morgan fingerprint density at radius 2 is 1.72 bits per heavy atom. The van der Waals surface area contributed by atoms with Gasteiger partial charge in [-0.3, -0.25) is 9.78 Å². The summed E-state index contributed by atoms with van der Waals surface area (Å²) in [6.45, 7) is 2.90. The average molecular weight is 431 g/mol. The number of furan rings is 1. The summed E-state index contributed by atoms with van der Waals surface area (Å²) in [7, 11) is 0. The molecule has 2 aromatic heterocycles. The van der Waals surface area contributed by atoms with Crippen LogP contribution in [-0.4, -0.2) is 52.9 Å². The van der Waals surface area contributed by atoms with E-state index in [9.17, 15) is 9.59 Å². The normalized spacial score (nSPS) is 17.1. The number of hydrogen-bond donors (Lipinski definition) is 1. The highest BCUT2D eigenvalue weighted by Crippen LogP contribution is 2.30. The smallest absolute Gasteiger partial charge is 0.321 e. The first-order valence-electron chi connectivity index (χ1n) is 11.0. The molecule has 4 heterocycles. The van der Waals surface area contributed by atoms with E-state index < -0.39 is 0 Å². The third kappa shape index (κ3) is 4.23. The fourth-order valence-corrected chi connectivity index (χ4v) is 4.50. The number of nitrogens with one attached hydrogen (secondary N) is 1. The molecule has 1 N–H and O–H groups in total. The highest BCUT2D eigenvalue weighted by molar-refractivity contribution is 5.94. The monoisotopic (exact) mass is 430 g/mol. The maximum absolute atomic E-state index is 12.5. The first kappa shape index (κ1) is 20.3. The molecule has 7 heteroatoms. The number of carbonyl (C=O) groups excluding carboxylic acids is 2. The number of aromatic nitrogens is 1. The van der Waals surface area contributed by atoms with Gasteiger partial charge >= 0.3 is 6.03 Å². The summed E-state index contributed by atoms with van der Waals surface area (Å²) in [6.07, 6.45) is 8.52. The molecule has 5 rings (SSSR count). The molecule has 7 nitrogen and oxygen atoms in total. The summed E-state index contributed by atoms with van der Waals surface area (Å²) in [5.41, 5.74) is 3.84. The van der Waals surface area contributed by atoms with Gasteiger partial charge in [-0.1, -0.05) is 18.2 Å². The third-order valence-electron chi connectivity index (χ3n) is 6.51. The maximum atomic E-state index is 12.5. The number of anilines is 1. The minimum Gasteiger partial charge on any atom is -0.472 e. The first-order valence-corrected chi connectivity index (χ1v) is 11.0. The van der Waals surface area contributed by atoms with Gasteiger partial charge in [-0.25, -0.2) is 4.79 Å². The van der Waals surface area contributed by atoms with Crippen LogP contribution < -0.4 is 5.32 Å². The molecule has 0 aliphatic carbocycles. The lowest BCUT2D eigenvalue weighted by Gasteiger charge is -2.39. The van der Waals surface area contributed by atoms with Crippen LogP contribution in [0.2, 0.25) is 0 Å². The predicted octanol–water partition coefficient (Wildman–Crippen LogP) is 4.33. The Kier molecular flexibility index (Phi) is 5.62.